The summed E-state index contributed by atoms with van der Waals surface area (Å²) in [6.07, 6.45) is 3.41. The number of anilines is 1. The van der Waals surface area contributed by atoms with Crippen LogP contribution in [0.15, 0.2) is 45.6 Å². The van der Waals surface area contributed by atoms with E-state index in [0.29, 0.717) is 22.6 Å². The monoisotopic (exact) mass is 408 g/mol. The molecule has 0 bridgehead atoms. The normalized spacial score (nSPS) is 10.8. The van der Waals surface area contributed by atoms with E-state index >= 15 is 0 Å². The Labute approximate surface area is 137 Å². The number of carbonyl (C=O) groups excluding carboxylic acids is 1. The lowest BCUT2D eigenvalue weighted by Gasteiger charge is -2.07. The molecule has 106 valence electrons. The third kappa shape index (κ3) is 2.71. The Kier molecular flexibility index (Phi) is 3.77. The van der Waals surface area contributed by atoms with Gasteiger partial charge in [-0.05, 0) is 47.1 Å². The van der Waals surface area contributed by atoms with E-state index in [-0.39, 0.29) is 5.91 Å². The maximum atomic E-state index is 12.5. The summed E-state index contributed by atoms with van der Waals surface area (Å²) in [6.45, 7) is 1.79. The number of halogens is 2. The SMILES string of the molecule is Cc1nn2cccnc2c1C(=O)Nc1cc(Br)ccc1Br. The number of hydrogen-bond donors (Lipinski definition) is 1. The first kappa shape index (κ1) is 14.2. The van der Waals surface area contributed by atoms with Crippen molar-refractivity contribution in [1.29, 1.82) is 0 Å². The van der Waals surface area contributed by atoms with Gasteiger partial charge in [0.1, 0.15) is 5.56 Å². The van der Waals surface area contributed by atoms with E-state index in [4.69, 9.17) is 0 Å². The highest BCUT2D eigenvalue weighted by atomic mass is 79.9. The highest BCUT2D eigenvalue weighted by Gasteiger charge is 2.18. The maximum Gasteiger partial charge on any atom is 0.261 e. The molecule has 0 spiro atoms. The zero-order valence-corrected chi connectivity index (χ0v) is 14.1. The number of benzene rings is 1. The minimum Gasteiger partial charge on any atom is -0.321 e. The molecule has 0 radical (unpaired) electrons. The molecule has 2 heterocycles. The first-order chi connectivity index (χ1) is 10.1. The summed E-state index contributed by atoms with van der Waals surface area (Å²) in [5.74, 6) is -0.236. The summed E-state index contributed by atoms with van der Waals surface area (Å²) < 4.78 is 3.29. The topological polar surface area (TPSA) is 59.3 Å². The lowest BCUT2D eigenvalue weighted by molar-refractivity contribution is 0.102. The van der Waals surface area contributed by atoms with Crippen molar-refractivity contribution in [3.05, 3.63) is 56.9 Å². The lowest BCUT2D eigenvalue weighted by atomic mass is 10.2. The fourth-order valence-corrected chi connectivity index (χ4v) is 2.75. The highest BCUT2D eigenvalue weighted by molar-refractivity contribution is 9.11. The number of aromatic nitrogens is 3. The largest absolute Gasteiger partial charge is 0.321 e. The van der Waals surface area contributed by atoms with Gasteiger partial charge in [-0.1, -0.05) is 15.9 Å². The van der Waals surface area contributed by atoms with E-state index in [0.717, 1.165) is 8.95 Å². The molecule has 0 atom stereocenters. The summed E-state index contributed by atoms with van der Waals surface area (Å²) in [6, 6.07) is 7.35. The van der Waals surface area contributed by atoms with Gasteiger partial charge in [-0.2, -0.15) is 5.10 Å². The van der Waals surface area contributed by atoms with Crippen molar-refractivity contribution in [2.45, 2.75) is 6.92 Å². The molecule has 3 rings (SSSR count). The van der Waals surface area contributed by atoms with E-state index in [2.05, 4.69) is 47.3 Å². The van der Waals surface area contributed by atoms with Gasteiger partial charge < -0.3 is 5.32 Å². The summed E-state index contributed by atoms with van der Waals surface area (Å²) in [5, 5.41) is 7.17. The Bertz CT molecular complexity index is 844. The Balaban J connectivity index is 2.01. The molecule has 0 aliphatic carbocycles. The number of fused-ring (bicyclic) bond motifs is 1. The second-order valence-electron chi connectivity index (χ2n) is 4.43. The molecular weight excluding hydrogens is 400 g/mol. The van der Waals surface area contributed by atoms with Crippen molar-refractivity contribution < 1.29 is 4.79 Å². The van der Waals surface area contributed by atoms with Crippen LogP contribution in [0.1, 0.15) is 16.1 Å². The van der Waals surface area contributed by atoms with Crippen LogP contribution >= 0.6 is 31.9 Å². The second kappa shape index (κ2) is 5.57. The molecule has 1 N–H and O–H groups in total. The van der Waals surface area contributed by atoms with Crippen LogP contribution in [0.4, 0.5) is 5.69 Å². The smallest absolute Gasteiger partial charge is 0.261 e. The van der Waals surface area contributed by atoms with Crippen LogP contribution in [-0.4, -0.2) is 20.5 Å². The molecule has 1 amide bonds. The standard InChI is InChI=1S/C14H10Br2N4O/c1-8-12(13-17-5-2-6-20(13)19-8)14(21)18-11-7-9(15)3-4-10(11)16/h2-7H,1H3,(H,18,21). The van der Waals surface area contributed by atoms with Crippen LogP contribution in [0.5, 0.6) is 0 Å². The Morgan fingerprint density at radius 2 is 2.14 bits per heavy atom. The van der Waals surface area contributed by atoms with Gasteiger partial charge in [0.05, 0.1) is 11.4 Å². The molecule has 7 heteroatoms. The van der Waals surface area contributed by atoms with E-state index in [1.54, 1.807) is 29.9 Å². The molecule has 2 aromatic heterocycles. The fourth-order valence-electron chi connectivity index (χ4n) is 2.04. The van der Waals surface area contributed by atoms with Crippen molar-refractivity contribution in [2.24, 2.45) is 0 Å². The molecule has 3 aromatic rings. The molecular formula is C14H10Br2N4O. The predicted molar refractivity (Wildman–Crippen MR) is 87.5 cm³/mol. The van der Waals surface area contributed by atoms with E-state index < -0.39 is 0 Å². The minimum absolute atomic E-state index is 0.236. The number of rotatable bonds is 2. The van der Waals surface area contributed by atoms with E-state index in [1.165, 1.54) is 0 Å². The van der Waals surface area contributed by atoms with E-state index in [9.17, 15) is 4.79 Å². The fraction of sp³-hybridized carbons (Fsp3) is 0.0714. The van der Waals surface area contributed by atoms with Gasteiger partial charge in [0.2, 0.25) is 0 Å². The van der Waals surface area contributed by atoms with Crippen LogP contribution in [0.2, 0.25) is 0 Å². The van der Waals surface area contributed by atoms with Gasteiger partial charge in [-0.3, -0.25) is 4.79 Å². The second-order valence-corrected chi connectivity index (χ2v) is 6.20. The molecule has 0 aliphatic rings. The maximum absolute atomic E-state index is 12.5. The predicted octanol–water partition coefficient (Wildman–Crippen LogP) is 3.82. The van der Waals surface area contributed by atoms with Gasteiger partial charge in [0, 0.05) is 21.3 Å². The number of amides is 1. The molecule has 5 nitrogen and oxygen atoms in total. The van der Waals surface area contributed by atoms with Crippen LogP contribution in [-0.2, 0) is 0 Å². The van der Waals surface area contributed by atoms with Gasteiger partial charge in [-0.15, -0.1) is 0 Å². The van der Waals surface area contributed by atoms with Crippen molar-refractivity contribution in [2.75, 3.05) is 5.32 Å². The molecule has 0 fully saturated rings. The van der Waals surface area contributed by atoms with Gasteiger partial charge in [0.15, 0.2) is 5.65 Å². The van der Waals surface area contributed by atoms with Crippen LogP contribution < -0.4 is 5.32 Å². The number of nitrogens with one attached hydrogen (secondary N) is 1. The zero-order chi connectivity index (χ0) is 15.0. The van der Waals surface area contributed by atoms with E-state index in [1.807, 2.05) is 18.2 Å². The van der Waals surface area contributed by atoms with Crippen LogP contribution in [0.3, 0.4) is 0 Å². The van der Waals surface area contributed by atoms with Crippen LogP contribution in [0, 0.1) is 6.92 Å². The Morgan fingerprint density at radius 3 is 2.95 bits per heavy atom. The molecule has 0 aliphatic heterocycles. The van der Waals surface area contributed by atoms with Crippen LogP contribution in [0.25, 0.3) is 5.65 Å². The Hall–Kier alpha value is -1.73. The summed E-state index contributed by atoms with van der Waals surface area (Å²) in [4.78, 5) is 16.8. The average Bonchev–Trinajstić information content (AvgIpc) is 2.78. The third-order valence-electron chi connectivity index (χ3n) is 2.97. The van der Waals surface area contributed by atoms with Gasteiger partial charge >= 0.3 is 0 Å². The number of nitrogens with zero attached hydrogens (tertiary/aromatic N) is 3. The number of carbonyl (C=O) groups is 1. The van der Waals surface area contributed by atoms with Gasteiger partial charge in [-0.25, -0.2) is 9.50 Å². The summed E-state index contributed by atoms with van der Waals surface area (Å²) in [7, 11) is 0. The highest BCUT2D eigenvalue weighted by Crippen LogP contribution is 2.27. The first-order valence-corrected chi connectivity index (χ1v) is 7.71. The summed E-state index contributed by atoms with van der Waals surface area (Å²) in [5.41, 5.74) is 2.34. The first-order valence-electron chi connectivity index (χ1n) is 6.12. The molecule has 1 aromatic carbocycles. The quantitative estimate of drug-likeness (QED) is 0.699. The number of aryl methyl sites for hydroxylation is 1. The van der Waals surface area contributed by atoms with Gasteiger partial charge in [0.25, 0.3) is 5.91 Å². The lowest BCUT2D eigenvalue weighted by Crippen LogP contribution is -2.13. The third-order valence-corrected chi connectivity index (χ3v) is 4.16. The summed E-state index contributed by atoms with van der Waals surface area (Å²) >= 11 is 6.81. The van der Waals surface area contributed by atoms with Crippen molar-refractivity contribution in [3.8, 4) is 0 Å². The molecule has 0 saturated carbocycles. The average molecular weight is 410 g/mol. The molecule has 0 saturated heterocycles. The van der Waals surface area contributed by atoms with Crippen molar-refractivity contribution in [1.82, 2.24) is 14.6 Å². The molecule has 21 heavy (non-hydrogen) atoms. The Morgan fingerprint density at radius 1 is 1.33 bits per heavy atom. The van der Waals surface area contributed by atoms with Crippen molar-refractivity contribution >= 4 is 49.1 Å². The minimum atomic E-state index is -0.236. The molecule has 0 unspecified atom stereocenters. The zero-order valence-electron chi connectivity index (χ0n) is 11.0. The number of hydrogen-bond acceptors (Lipinski definition) is 3. The van der Waals surface area contributed by atoms with Crippen molar-refractivity contribution in [3.63, 3.8) is 0 Å².